The van der Waals surface area contributed by atoms with Crippen LogP contribution >= 0.6 is 11.6 Å². The van der Waals surface area contributed by atoms with Crippen LogP contribution in [-0.4, -0.2) is 40.3 Å². The first kappa shape index (κ1) is 16.0. The predicted molar refractivity (Wildman–Crippen MR) is 81.9 cm³/mol. The van der Waals surface area contributed by atoms with E-state index in [0.29, 0.717) is 23.9 Å². The Morgan fingerprint density at radius 2 is 1.95 bits per heavy atom. The highest BCUT2D eigenvalue weighted by Crippen LogP contribution is 2.32. The van der Waals surface area contributed by atoms with Crippen LogP contribution in [0.4, 0.5) is 0 Å². The Bertz CT molecular complexity index is 612. The molecule has 2 heterocycles. The van der Waals surface area contributed by atoms with Gasteiger partial charge in [0.1, 0.15) is 12.2 Å². The third-order valence-corrected chi connectivity index (χ3v) is 3.65. The molecular formula is C14H21ClN4O2. The summed E-state index contributed by atoms with van der Waals surface area (Å²) in [5, 5.41) is -0.248. The molecule has 0 bridgehead atoms. The lowest BCUT2D eigenvalue weighted by molar-refractivity contribution is 0.133. The average Bonchev–Trinajstić information content (AvgIpc) is 2.83. The van der Waals surface area contributed by atoms with Crippen molar-refractivity contribution >= 4 is 22.8 Å². The third-order valence-electron chi connectivity index (χ3n) is 3.46. The van der Waals surface area contributed by atoms with E-state index in [1.54, 1.807) is 14.2 Å². The summed E-state index contributed by atoms with van der Waals surface area (Å²) in [6, 6.07) is 0.0933. The second-order valence-electron chi connectivity index (χ2n) is 5.28. The molecule has 2 aromatic heterocycles. The number of aromatic nitrogens is 4. The van der Waals surface area contributed by atoms with E-state index in [4.69, 9.17) is 21.1 Å². The minimum absolute atomic E-state index is 0.0933. The van der Waals surface area contributed by atoms with Crippen LogP contribution in [-0.2, 0) is 4.74 Å². The summed E-state index contributed by atoms with van der Waals surface area (Å²) in [6.07, 6.45) is 1.48. The van der Waals surface area contributed by atoms with Gasteiger partial charge in [0.2, 0.25) is 5.88 Å². The maximum Gasteiger partial charge on any atom is 0.245 e. The molecule has 7 heteroatoms. The zero-order chi connectivity index (χ0) is 15.6. The van der Waals surface area contributed by atoms with Crippen LogP contribution in [0.1, 0.15) is 38.0 Å². The molecule has 2 unspecified atom stereocenters. The summed E-state index contributed by atoms with van der Waals surface area (Å²) in [5.74, 6) is 1.55. The molecular weight excluding hydrogens is 292 g/mol. The molecule has 0 aliphatic rings. The molecule has 0 aromatic carbocycles. The van der Waals surface area contributed by atoms with Gasteiger partial charge in [-0.3, -0.25) is 0 Å². The minimum Gasteiger partial charge on any atom is -0.479 e. The topological polar surface area (TPSA) is 62.1 Å². The molecule has 0 fully saturated rings. The highest BCUT2D eigenvalue weighted by atomic mass is 35.5. The summed E-state index contributed by atoms with van der Waals surface area (Å²) in [4.78, 5) is 13.1. The smallest absolute Gasteiger partial charge is 0.245 e. The molecule has 0 aliphatic carbocycles. The van der Waals surface area contributed by atoms with Crippen LogP contribution < -0.4 is 4.74 Å². The maximum atomic E-state index is 6.31. The number of nitrogens with zero attached hydrogens (tertiary/aromatic N) is 4. The Morgan fingerprint density at radius 3 is 2.48 bits per heavy atom. The van der Waals surface area contributed by atoms with Gasteiger partial charge in [0, 0.05) is 7.11 Å². The first-order valence-corrected chi connectivity index (χ1v) is 7.34. The largest absolute Gasteiger partial charge is 0.479 e. The number of fused-ring (bicyclic) bond motifs is 1. The Hall–Kier alpha value is -1.40. The Balaban J connectivity index is 2.71. The van der Waals surface area contributed by atoms with Gasteiger partial charge in [-0.25, -0.2) is 9.97 Å². The molecule has 0 saturated heterocycles. The van der Waals surface area contributed by atoms with E-state index in [-0.39, 0.29) is 11.4 Å². The van der Waals surface area contributed by atoms with Crippen molar-refractivity contribution in [3.63, 3.8) is 0 Å². The third kappa shape index (κ3) is 2.96. The zero-order valence-corrected chi connectivity index (χ0v) is 13.8. The van der Waals surface area contributed by atoms with Gasteiger partial charge in [0.15, 0.2) is 11.2 Å². The zero-order valence-electron chi connectivity index (χ0n) is 13.0. The summed E-state index contributed by atoms with van der Waals surface area (Å²) >= 11 is 6.31. The Labute approximate surface area is 129 Å². The van der Waals surface area contributed by atoms with Crippen LogP contribution in [0, 0.1) is 5.92 Å². The SMILES string of the molecule is COCC(C(C)C)n1c(C(C)Cl)nc2c(OC)ncnc21. The molecule has 21 heavy (non-hydrogen) atoms. The summed E-state index contributed by atoms with van der Waals surface area (Å²) < 4.78 is 12.7. The van der Waals surface area contributed by atoms with Crippen molar-refractivity contribution < 1.29 is 9.47 Å². The van der Waals surface area contributed by atoms with Gasteiger partial charge in [-0.2, -0.15) is 4.98 Å². The van der Waals surface area contributed by atoms with E-state index < -0.39 is 0 Å². The predicted octanol–water partition coefficient (Wildman–Crippen LogP) is 2.98. The second-order valence-corrected chi connectivity index (χ2v) is 5.93. The molecule has 2 rings (SSSR count). The first-order valence-electron chi connectivity index (χ1n) is 6.91. The fourth-order valence-electron chi connectivity index (χ4n) is 2.40. The van der Waals surface area contributed by atoms with E-state index in [1.807, 2.05) is 11.5 Å². The van der Waals surface area contributed by atoms with Gasteiger partial charge in [-0.1, -0.05) is 13.8 Å². The quantitative estimate of drug-likeness (QED) is 0.767. The molecule has 116 valence electrons. The molecule has 0 N–H and O–H groups in total. The summed E-state index contributed by atoms with van der Waals surface area (Å²) in [6.45, 7) is 6.72. The number of halogens is 1. The van der Waals surface area contributed by atoms with Crippen LogP contribution in [0.25, 0.3) is 11.2 Å². The normalized spacial score (nSPS) is 14.6. The van der Waals surface area contributed by atoms with Gasteiger partial charge in [-0.15, -0.1) is 11.6 Å². The van der Waals surface area contributed by atoms with Crippen LogP contribution in [0.3, 0.4) is 0 Å². The van der Waals surface area contributed by atoms with Crippen LogP contribution in [0.2, 0.25) is 0 Å². The van der Waals surface area contributed by atoms with E-state index in [9.17, 15) is 0 Å². The highest BCUT2D eigenvalue weighted by molar-refractivity contribution is 6.20. The first-order chi connectivity index (χ1) is 10.0. The molecule has 0 amide bonds. The number of alkyl halides is 1. The van der Waals surface area contributed by atoms with Crippen molar-refractivity contribution in [3.05, 3.63) is 12.2 Å². The van der Waals surface area contributed by atoms with Crippen molar-refractivity contribution in [2.24, 2.45) is 5.92 Å². The van der Waals surface area contributed by atoms with Crippen LogP contribution in [0.5, 0.6) is 5.88 Å². The van der Waals surface area contributed by atoms with Gasteiger partial charge < -0.3 is 14.0 Å². The van der Waals surface area contributed by atoms with Crippen LogP contribution in [0.15, 0.2) is 6.33 Å². The molecule has 0 spiro atoms. The number of imidazole rings is 1. The number of rotatable bonds is 6. The molecule has 6 nitrogen and oxygen atoms in total. The minimum atomic E-state index is -0.248. The van der Waals surface area contributed by atoms with E-state index in [1.165, 1.54) is 6.33 Å². The standard InChI is InChI=1S/C14H21ClN4O2/c1-8(2)10(6-20-4)19-12(9(3)15)18-11-13(19)16-7-17-14(11)21-5/h7-10H,6H2,1-5H3. The van der Waals surface area contributed by atoms with Gasteiger partial charge in [0.05, 0.1) is 25.1 Å². The lowest BCUT2D eigenvalue weighted by Crippen LogP contribution is -2.22. The molecule has 2 aromatic rings. The average molecular weight is 313 g/mol. The Morgan fingerprint density at radius 1 is 1.24 bits per heavy atom. The number of hydrogen-bond donors (Lipinski definition) is 0. The van der Waals surface area contributed by atoms with Crippen molar-refractivity contribution in [2.45, 2.75) is 32.2 Å². The monoisotopic (exact) mass is 312 g/mol. The molecule has 0 radical (unpaired) electrons. The molecule has 0 aliphatic heterocycles. The van der Waals surface area contributed by atoms with Crippen molar-refractivity contribution in [1.29, 1.82) is 0 Å². The lowest BCUT2D eigenvalue weighted by atomic mass is 10.0. The van der Waals surface area contributed by atoms with Gasteiger partial charge in [0.25, 0.3) is 0 Å². The second kappa shape index (κ2) is 6.58. The number of methoxy groups -OCH3 is 2. The number of hydrogen-bond acceptors (Lipinski definition) is 5. The lowest BCUT2D eigenvalue weighted by Gasteiger charge is -2.24. The fraction of sp³-hybridized carbons (Fsp3) is 0.643. The van der Waals surface area contributed by atoms with Crippen molar-refractivity contribution in [1.82, 2.24) is 19.5 Å². The fourth-order valence-corrected chi connectivity index (χ4v) is 2.55. The molecule has 2 atom stereocenters. The highest BCUT2D eigenvalue weighted by Gasteiger charge is 2.26. The summed E-state index contributed by atoms with van der Waals surface area (Å²) in [5.41, 5.74) is 1.35. The Kier molecular flexibility index (Phi) is 5.00. The maximum absolute atomic E-state index is 6.31. The van der Waals surface area contributed by atoms with Crippen molar-refractivity contribution in [3.8, 4) is 5.88 Å². The summed E-state index contributed by atoms with van der Waals surface area (Å²) in [7, 11) is 3.26. The van der Waals surface area contributed by atoms with Crippen molar-refractivity contribution in [2.75, 3.05) is 20.8 Å². The van der Waals surface area contributed by atoms with E-state index in [2.05, 4.69) is 28.8 Å². The van der Waals surface area contributed by atoms with Gasteiger partial charge >= 0.3 is 0 Å². The van der Waals surface area contributed by atoms with E-state index in [0.717, 1.165) is 11.5 Å². The van der Waals surface area contributed by atoms with E-state index >= 15 is 0 Å². The van der Waals surface area contributed by atoms with Gasteiger partial charge in [-0.05, 0) is 12.8 Å². The number of ether oxygens (including phenoxy) is 2. The molecule has 0 saturated carbocycles.